The van der Waals surface area contributed by atoms with Crippen molar-refractivity contribution in [2.75, 3.05) is 20.0 Å². The van der Waals surface area contributed by atoms with Crippen molar-refractivity contribution in [1.29, 1.82) is 0 Å². The van der Waals surface area contributed by atoms with Crippen molar-refractivity contribution >= 4 is 5.69 Å². The number of rotatable bonds is 6. The van der Waals surface area contributed by atoms with Crippen molar-refractivity contribution < 1.29 is 9.47 Å². The van der Waals surface area contributed by atoms with Crippen LogP contribution in [0.5, 0.6) is 11.5 Å². The first kappa shape index (κ1) is 24.6. The zero-order valence-electron chi connectivity index (χ0n) is 20.7. The lowest BCUT2D eigenvalue weighted by atomic mass is 9.95. The molecule has 3 heteroatoms. The molecular formula is C33H31NO2. The largest absolute Gasteiger partial charge is 0.496 e. The molecule has 0 aliphatic carbocycles. The Morgan fingerprint density at radius 2 is 0.861 bits per heavy atom. The van der Waals surface area contributed by atoms with Gasteiger partial charge in [0.15, 0.2) is 0 Å². The zero-order chi connectivity index (χ0) is 25.2. The van der Waals surface area contributed by atoms with Gasteiger partial charge in [-0.2, -0.15) is 0 Å². The molecule has 3 nitrogen and oxygen atoms in total. The lowest BCUT2D eigenvalue weighted by Crippen LogP contribution is -1.98. The number of hydrogen-bond donors (Lipinski definition) is 1. The molecule has 36 heavy (non-hydrogen) atoms. The van der Waals surface area contributed by atoms with Crippen LogP contribution in [0, 0.1) is 0 Å². The van der Waals surface area contributed by atoms with Gasteiger partial charge in [-0.1, -0.05) is 91.0 Å². The highest BCUT2D eigenvalue weighted by molar-refractivity contribution is 5.68. The first-order chi connectivity index (χ1) is 17.7. The van der Waals surface area contributed by atoms with Crippen molar-refractivity contribution in [3.63, 3.8) is 0 Å². The molecule has 5 aromatic carbocycles. The van der Waals surface area contributed by atoms with Gasteiger partial charge < -0.3 is 15.2 Å². The Labute approximate surface area is 213 Å². The average Bonchev–Trinajstić information content (AvgIpc) is 2.95. The van der Waals surface area contributed by atoms with E-state index in [4.69, 9.17) is 15.2 Å². The third-order valence-electron chi connectivity index (χ3n) is 5.96. The van der Waals surface area contributed by atoms with E-state index in [0.29, 0.717) is 0 Å². The maximum atomic E-state index is 5.66. The summed E-state index contributed by atoms with van der Waals surface area (Å²) in [6, 6.07) is 43.0. The Morgan fingerprint density at radius 3 is 1.19 bits per heavy atom. The van der Waals surface area contributed by atoms with Gasteiger partial charge in [-0.25, -0.2) is 0 Å². The predicted molar refractivity (Wildman–Crippen MR) is 151 cm³/mol. The van der Waals surface area contributed by atoms with Crippen LogP contribution < -0.4 is 15.2 Å². The Hall–Kier alpha value is -4.50. The molecular weight excluding hydrogens is 442 g/mol. The lowest BCUT2D eigenvalue weighted by Gasteiger charge is -2.15. The Morgan fingerprint density at radius 1 is 0.472 bits per heavy atom. The number of benzene rings is 5. The van der Waals surface area contributed by atoms with Gasteiger partial charge in [-0.3, -0.25) is 0 Å². The molecule has 0 aromatic heterocycles. The van der Waals surface area contributed by atoms with E-state index >= 15 is 0 Å². The van der Waals surface area contributed by atoms with Crippen LogP contribution in [0.3, 0.4) is 0 Å². The highest BCUT2D eigenvalue weighted by Crippen LogP contribution is 2.33. The number of para-hydroxylation sites is 1. The molecule has 0 atom stereocenters. The second-order valence-electron chi connectivity index (χ2n) is 8.37. The summed E-state index contributed by atoms with van der Waals surface area (Å²) in [5.74, 6) is 1.77. The molecule has 0 unspecified atom stereocenters. The lowest BCUT2D eigenvalue weighted by molar-refractivity contribution is 0.405. The summed E-state index contributed by atoms with van der Waals surface area (Å²) in [6.45, 7) is 0. The molecule has 0 bridgehead atoms. The summed E-state index contributed by atoms with van der Waals surface area (Å²) < 4.78 is 11.3. The van der Waals surface area contributed by atoms with Crippen LogP contribution in [0.4, 0.5) is 5.69 Å². The van der Waals surface area contributed by atoms with Crippen LogP contribution in [-0.2, 0) is 6.42 Å². The summed E-state index contributed by atoms with van der Waals surface area (Å²) in [5, 5.41) is 0. The van der Waals surface area contributed by atoms with Gasteiger partial charge in [0.25, 0.3) is 0 Å². The van der Waals surface area contributed by atoms with Crippen LogP contribution in [0.15, 0.2) is 127 Å². The van der Waals surface area contributed by atoms with Crippen LogP contribution in [0.1, 0.15) is 11.1 Å². The monoisotopic (exact) mass is 473 g/mol. The van der Waals surface area contributed by atoms with Gasteiger partial charge in [0, 0.05) is 12.1 Å². The number of nitrogens with two attached hydrogens (primary N) is 1. The van der Waals surface area contributed by atoms with Crippen LogP contribution in [0.2, 0.25) is 0 Å². The second kappa shape index (κ2) is 12.3. The van der Waals surface area contributed by atoms with Crippen molar-refractivity contribution in [3.05, 3.63) is 139 Å². The SMILES string of the molecule is COc1ccc(-c2ccccc2)cc1Cc1cc(-c2ccccc2)ccc1OC.Nc1ccccc1. The summed E-state index contributed by atoms with van der Waals surface area (Å²) in [7, 11) is 3.44. The summed E-state index contributed by atoms with van der Waals surface area (Å²) in [5.41, 5.74) is 13.2. The zero-order valence-corrected chi connectivity index (χ0v) is 20.7. The molecule has 0 aliphatic heterocycles. The number of ether oxygens (including phenoxy) is 2. The van der Waals surface area contributed by atoms with Crippen LogP contribution in [0.25, 0.3) is 22.3 Å². The molecule has 5 aromatic rings. The van der Waals surface area contributed by atoms with E-state index < -0.39 is 0 Å². The fourth-order valence-corrected chi connectivity index (χ4v) is 4.11. The molecule has 0 amide bonds. The van der Waals surface area contributed by atoms with Gasteiger partial charge in [0.05, 0.1) is 14.2 Å². The van der Waals surface area contributed by atoms with Crippen LogP contribution in [-0.4, -0.2) is 14.2 Å². The average molecular weight is 474 g/mol. The number of anilines is 1. The normalized spacial score (nSPS) is 10.2. The topological polar surface area (TPSA) is 44.5 Å². The fourth-order valence-electron chi connectivity index (χ4n) is 4.11. The minimum Gasteiger partial charge on any atom is -0.496 e. The maximum absolute atomic E-state index is 5.66. The fraction of sp³-hybridized carbons (Fsp3) is 0.0909. The molecule has 180 valence electrons. The Bertz CT molecular complexity index is 1280. The molecule has 0 saturated carbocycles. The van der Waals surface area contributed by atoms with Crippen molar-refractivity contribution in [2.45, 2.75) is 6.42 Å². The predicted octanol–water partition coefficient (Wildman–Crippen LogP) is 7.90. The molecule has 0 saturated heterocycles. The Balaban J connectivity index is 0.000000375. The van der Waals surface area contributed by atoms with Gasteiger partial charge >= 0.3 is 0 Å². The first-order valence-corrected chi connectivity index (χ1v) is 11.9. The van der Waals surface area contributed by atoms with E-state index in [1.165, 1.54) is 22.3 Å². The molecule has 0 fully saturated rings. The molecule has 0 radical (unpaired) electrons. The highest BCUT2D eigenvalue weighted by atomic mass is 16.5. The van der Waals surface area contributed by atoms with Gasteiger partial charge in [0.2, 0.25) is 0 Å². The number of nitrogen functional groups attached to an aromatic ring is 1. The quantitative estimate of drug-likeness (QED) is 0.255. The van der Waals surface area contributed by atoms with Gasteiger partial charge in [0.1, 0.15) is 11.5 Å². The summed E-state index contributed by atoms with van der Waals surface area (Å²) in [4.78, 5) is 0. The van der Waals surface area contributed by atoms with E-state index in [0.717, 1.165) is 34.7 Å². The molecule has 0 aliphatic rings. The van der Waals surface area contributed by atoms with E-state index in [-0.39, 0.29) is 0 Å². The number of hydrogen-bond acceptors (Lipinski definition) is 3. The molecule has 2 N–H and O–H groups in total. The van der Waals surface area contributed by atoms with Gasteiger partial charge in [-0.15, -0.1) is 0 Å². The molecule has 5 rings (SSSR count). The van der Waals surface area contributed by atoms with Gasteiger partial charge in [-0.05, 0) is 69.8 Å². The minimum absolute atomic E-state index is 0.730. The second-order valence-corrected chi connectivity index (χ2v) is 8.37. The third kappa shape index (κ3) is 6.34. The van der Waals surface area contributed by atoms with E-state index in [2.05, 4.69) is 72.8 Å². The Kier molecular flexibility index (Phi) is 8.39. The smallest absolute Gasteiger partial charge is 0.122 e. The summed E-state index contributed by atoms with van der Waals surface area (Å²) >= 11 is 0. The van der Waals surface area contributed by atoms with Crippen molar-refractivity contribution in [1.82, 2.24) is 0 Å². The van der Waals surface area contributed by atoms with Crippen LogP contribution >= 0.6 is 0 Å². The summed E-state index contributed by atoms with van der Waals surface area (Å²) in [6.07, 6.45) is 0.730. The van der Waals surface area contributed by atoms with Crippen molar-refractivity contribution in [3.8, 4) is 33.8 Å². The highest BCUT2D eigenvalue weighted by Gasteiger charge is 2.12. The van der Waals surface area contributed by atoms with E-state index in [9.17, 15) is 0 Å². The first-order valence-electron chi connectivity index (χ1n) is 11.9. The van der Waals surface area contributed by atoms with E-state index in [1.54, 1.807) is 14.2 Å². The van der Waals surface area contributed by atoms with E-state index in [1.807, 2.05) is 54.6 Å². The molecule has 0 heterocycles. The van der Waals surface area contributed by atoms with Crippen molar-refractivity contribution in [2.24, 2.45) is 0 Å². The number of methoxy groups -OCH3 is 2. The third-order valence-corrected chi connectivity index (χ3v) is 5.96. The standard InChI is InChI=1S/C27H24O2.C6H7N/c1-28-26-15-13-22(20-9-5-3-6-10-20)17-24(26)19-25-18-23(14-16-27(25)29-2)21-11-7-4-8-12-21;7-6-4-2-1-3-5-6/h3-18H,19H2,1-2H3;1-5H,7H2. The maximum Gasteiger partial charge on any atom is 0.122 e. The minimum atomic E-state index is 0.730. The molecule has 0 spiro atoms.